The smallest absolute Gasteiger partial charge is 0.300 e. The summed E-state index contributed by atoms with van der Waals surface area (Å²) in [5, 5.41) is 11.6. The Kier molecular flexibility index (Phi) is 7.59. The predicted octanol–water partition coefficient (Wildman–Crippen LogP) is 5.39. The Bertz CT molecular complexity index is 1370. The summed E-state index contributed by atoms with van der Waals surface area (Å²) in [7, 11) is 4.47. The van der Waals surface area contributed by atoms with E-state index in [1.807, 2.05) is 6.92 Å². The van der Waals surface area contributed by atoms with Gasteiger partial charge in [-0.15, -0.1) is 0 Å². The summed E-state index contributed by atoms with van der Waals surface area (Å²) in [6, 6.07) is 15.5. The zero-order chi connectivity index (χ0) is 26.7. The van der Waals surface area contributed by atoms with Gasteiger partial charge in [0.25, 0.3) is 11.7 Å². The van der Waals surface area contributed by atoms with Crippen LogP contribution in [0.5, 0.6) is 23.0 Å². The molecule has 0 radical (unpaired) electrons. The molecule has 3 aromatic carbocycles. The van der Waals surface area contributed by atoms with Crippen LogP contribution in [0.15, 0.2) is 66.2 Å². The molecule has 0 bridgehead atoms. The quantitative estimate of drug-likeness (QED) is 0.240. The van der Waals surface area contributed by atoms with Gasteiger partial charge in [0.15, 0.2) is 11.5 Å². The maximum Gasteiger partial charge on any atom is 0.300 e. The predicted molar refractivity (Wildman–Crippen MR) is 140 cm³/mol. The Hall–Kier alpha value is -4.17. The van der Waals surface area contributed by atoms with Crippen molar-refractivity contribution in [3.63, 3.8) is 0 Å². The molecule has 8 nitrogen and oxygen atoms in total. The lowest BCUT2D eigenvalue weighted by Gasteiger charge is -2.26. The van der Waals surface area contributed by atoms with Gasteiger partial charge in [0.1, 0.15) is 17.3 Å². The van der Waals surface area contributed by atoms with Crippen molar-refractivity contribution in [2.24, 2.45) is 0 Å². The third kappa shape index (κ3) is 4.80. The number of hydrogen-bond donors (Lipinski definition) is 1. The first kappa shape index (κ1) is 25.9. The lowest BCUT2D eigenvalue weighted by Crippen LogP contribution is -2.29. The molecule has 1 heterocycles. The van der Waals surface area contributed by atoms with Crippen molar-refractivity contribution in [3.8, 4) is 23.0 Å². The number of anilines is 1. The van der Waals surface area contributed by atoms with E-state index >= 15 is 0 Å². The number of methoxy groups -OCH3 is 3. The Morgan fingerprint density at radius 3 is 2.14 bits per heavy atom. The van der Waals surface area contributed by atoms with Gasteiger partial charge in [-0.1, -0.05) is 17.7 Å². The van der Waals surface area contributed by atoms with Gasteiger partial charge in [-0.2, -0.15) is 0 Å². The fourth-order valence-electron chi connectivity index (χ4n) is 4.28. The standard InChI is InChI=1S/C28H26ClNO7/c1-5-37-19-10-8-18(9-11-19)30-25(16-6-13-22(35-3)23(15-16)36-4)24(27(32)28(30)33)26(31)17-7-12-21(34-2)20(29)14-17/h6-15,25,31H,5H2,1-4H3/b26-24-. The van der Waals surface area contributed by atoms with Crippen LogP contribution in [0.25, 0.3) is 5.76 Å². The molecule has 0 aliphatic carbocycles. The van der Waals surface area contributed by atoms with Gasteiger partial charge in [-0.3, -0.25) is 14.5 Å². The number of amides is 1. The monoisotopic (exact) mass is 523 g/mol. The van der Waals surface area contributed by atoms with E-state index < -0.39 is 17.7 Å². The Morgan fingerprint density at radius 1 is 0.892 bits per heavy atom. The van der Waals surface area contributed by atoms with E-state index in [-0.39, 0.29) is 21.9 Å². The summed E-state index contributed by atoms with van der Waals surface area (Å²) in [6.07, 6.45) is 0. The molecule has 1 saturated heterocycles. The number of halogens is 1. The van der Waals surface area contributed by atoms with Crippen molar-refractivity contribution in [1.29, 1.82) is 0 Å². The molecule has 0 aromatic heterocycles. The minimum atomic E-state index is -0.960. The van der Waals surface area contributed by atoms with Gasteiger partial charge >= 0.3 is 0 Å². The maximum absolute atomic E-state index is 13.4. The van der Waals surface area contributed by atoms with Gasteiger partial charge in [-0.05, 0) is 67.1 Å². The fourth-order valence-corrected chi connectivity index (χ4v) is 4.53. The number of aliphatic hydroxyl groups is 1. The lowest BCUT2D eigenvalue weighted by atomic mass is 9.94. The van der Waals surface area contributed by atoms with E-state index in [1.54, 1.807) is 54.6 Å². The molecule has 9 heteroatoms. The molecule has 1 aliphatic heterocycles. The number of benzene rings is 3. The summed E-state index contributed by atoms with van der Waals surface area (Å²) >= 11 is 6.27. The maximum atomic E-state index is 13.4. The van der Waals surface area contributed by atoms with Crippen molar-refractivity contribution in [2.75, 3.05) is 32.8 Å². The van der Waals surface area contributed by atoms with E-state index in [0.717, 1.165) is 0 Å². The molecule has 4 rings (SSSR count). The van der Waals surface area contributed by atoms with E-state index in [1.165, 1.54) is 32.3 Å². The van der Waals surface area contributed by atoms with Crippen LogP contribution in [0.2, 0.25) is 5.02 Å². The Morgan fingerprint density at radius 2 is 1.54 bits per heavy atom. The van der Waals surface area contributed by atoms with Gasteiger partial charge in [0.2, 0.25) is 0 Å². The SMILES string of the molecule is CCOc1ccc(N2C(=O)C(=O)/C(=C(\O)c3ccc(OC)c(Cl)c3)C2c2ccc(OC)c(OC)c2)cc1. The number of nitrogens with zero attached hydrogens (tertiary/aromatic N) is 1. The number of ether oxygens (including phenoxy) is 4. The minimum Gasteiger partial charge on any atom is -0.507 e. The van der Waals surface area contributed by atoms with Crippen LogP contribution >= 0.6 is 11.6 Å². The zero-order valence-corrected chi connectivity index (χ0v) is 21.5. The number of carbonyl (C=O) groups excluding carboxylic acids is 2. The van der Waals surface area contributed by atoms with Crippen LogP contribution in [0, 0.1) is 0 Å². The summed E-state index contributed by atoms with van der Waals surface area (Å²) in [5.74, 6) is -0.0711. The molecule has 1 amide bonds. The average molecular weight is 524 g/mol. The third-order valence-electron chi connectivity index (χ3n) is 6.02. The van der Waals surface area contributed by atoms with Gasteiger partial charge in [-0.25, -0.2) is 0 Å². The van der Waals surface area contributed by atoms with Crippen LogP contribution in [0.4, 0.5) is 5.69 Å². The molecule has 1 unspecified atom stereocenters. The molecule has 37 heavy (non-hydrogen) atoms. The number of hydrogen-bond acceptors (Lipinski definition) is 7. The Labute approximate surface area is 219 Å². The summed E-state index contributed by atoms with van der Waals surface area (Å²) in [6.45, 7) is 2.36. The van der Waals surface area contributed by atoms with E-state index in [9.17, 15) is 14.7 Å². The minimum absolute atomic E-state index is 0.0904. The highest BCUT2D eigenvalue weighted by atomic mass is 35.5. The molecule has 3 aromatic rings. The highest BCUT2D eigenvalue weighted by Gasteiger charge is 2.47. The normalized spacial score (nSPS) is 16.6. The zero-order valence-electron chi connectivity index (χ0n) is 20.8. The summed E-state index contributed by atoms with van der Waals surface area (Å²) in [5.41, 5.74) is 1.16. The molecular weight excluding hydrogens is 498 g/mol. The summed E-state index contributed by atoms with van der Waals surface area (Å²) in [4.78, 5) is 28.1. The van der Waals surface area contributed by atoms with Gasteiger partial charge < -0.3 is 24.1 Å². The molecular formula is C28H26ClNO7. The number of carbonyl (C=O) groups is 2. The molecule has 192 valence electrons. The van der Waals surface area contributed by atoms with Crippen LogP contribution in [0.3, 0.4) is 0 Å². The first-order valence-electron chi connectivity index (χ1n) is 11.4. The molecule has 1 fully saturated rings. The van der Waals surface area contributed by atoms with Crippen molar-refractivity contribution in [2.45, 2.75) is 13.0 Å². The van der Waals surface area contributed by atoms with Gasteiger partial charge in [0.05, 0.1) is 44.6 Å². The van der Waals surface area contributed by atoms with Gasteiger partial charge in [0, 0.05) is 11.3 Å². The van der Waals surface area contributed by atoms with Crippen molar-refractivity contribution >= 4 is 34.7 Å². The van der Waals surface area contributed by atoms with E-state index in [4.69, 9.17) is 30.5 Å². The molecule has 0 spiro atoms. The van der Waals surface area contributed by atoms with Crippen LogP contribution in [0.1, 0.15) is 24.1 Å². The fraction of sp³-hybridized carbons (Fsp3) is 0.214. The molecule has 0 saturated carbocycles. The van der Waals surface area contributed by atoms with Crippen molar-refractivity contribution < 1.29 is 33.6 Å². The number of ketones is 1. The second kappa shape index (κ2) is 10.8. The highest BCUT2D eigenvalue weighted by molar-refractivity contribution is 6.51. The first-order valence-corrected chi connectivity index (χ1v) is 11.8. The molecule has 1 N–H and O–H groups in total. The van der Waals surface area contributed by atoms with Crippen LogP contribution < -0.4 is 23.8 Å². The van der Waals surface area contributed by atoms with Crippen LogP contribution in [-0.4, -0.2) is 44.7 Å². The highest BCUT2D eigenvalue weighted by Crippen LogP contribution is 2.44. The first-order chi connectivity index (χ1) is 17.8. The topological polar surface area (TPSA) is 94.5 Å². The van der Waals surface area contributed by atoms with Crippen molar-refractivity contribution in [3.05, 3.63) is 82.4 Å². The number of aliphatic hydroxyl groups excluding tert-OH is 1. The second-order valence-electron chi connectivity index (χ2n) is 8.06. The van der Waals surface area contributed by atoms with Crippen molar-refractivity contribution in [1.82, 2.24) is 0 Å². The van der Waals surface area contributed by atoms with E-state index in [2.05, 4.69) is 0 Å². The number of Topliss-reactive ketones (excluding diaryl/α,β-unsaturated/α-hetero) is 1. The molecule has 1 atom stereocenters. The average Bonchev–Trinajstić information content (AvgIpc) is 3.18. The summed E-state index contributed by atoms with van der Waals surface area (Å²) < 4.78 is 21.5. The third-order valence-corrected chi connectivity index (χ3v) is 6.31. The lowest BCUT2D eigenvalue weighted by molar-refractivity contribution is -0.132. The Balaban J connectivity index is 1.93. The van der Waals surface area contributed by atoms with E-state index in [0.29, 0.717) is 40.9 Å². The van der Waals surface area contributed by atoms with Crippen LogP contribution in [-0.2, 0) is 9.59 Å². The molecule has 1 aliphatic rings. The largest absolute Gasteiger partial charge is 0.507 e. The second-order valence-corrected chi connectivity index (χ2v) is 8.47. The number of rotatable bonds is 8.